The lowest BCUT2D eigenvalue weighted by atomic mass is 10.1. The maximum absolute atomic E-state index is 12.6. The minimum atomic E-state index is -0.216. The first-order valence-corrected chi connectivity index (χ1v) is 7.87. The van der Waals surface area contributed by atoms with Gasteiger partial charge >= 0.3 is 0 Å². The highest BCUT2D eigenvalue weighted by atomic mass is 16.3. The van der Waals surface area contributed by atoms with Crippen molar-refractivity contribution in [2.75, 3.05) is 5.32 Å². The number of carbonyl (C=O) groups excluding carboxylic acids is 1. The summed E-state index contributed by atoms with van der Waals surface area (Å²) in [5, 5.41) is 2.95. The minimum Gasteiger partial charge on any atom is -0.459 e. The molecule has 0 bridgehead atoms. The van der Waals surface area contributed by atoms with Gasteiger partial charge in [0.15, 0.2) is 5.76 Å². The summed E-state index contributed by atoms with van der Waals surface area (Å²) in [4.78, 5) is 12.6. The molecule has 0 aliphatic heterocycles. The average Bonchev–Trinajstić information content (AvgIpc) is 3.24. The normalized spacial score (nSPS) is 12.9. The molecule has 0 fully saturated rings. The fourth-order valence-electron chi connectivity index (χ4n) is 3.17. The molecule has 1 aromatic heterocycles. The molecule has 0 radical (unpaired) electrons. The number of fused-ring (bicyclic) bond motifs is 1. The van der Waals surface area contributed by atoms with Gasteiger partial charge in [-0.1, -0.05) is 36.4 Å². The highest BCUT2D eigenvalue weighted by Crippen LogP contribution is 2.27. The van der Waals surface area contributed by atoms with Crippen LogP contribution in [0, 0.1) is 0 Å². The Balaban J connectivity index is 1.60. The summed E-state index contributed by atoms with van der Waals surface area (Å²) in [5.41, 5.74) is 5.34. The van der Waals surface area contributed by atoms with Crippen LogP contribution in [-0.4, -0.2) is 5.91 Å². The van der Waals surface area contributed by atoms with Gasteiger partial charge < -0.3 is 9.73 Å². The Morgan fingerprint density at radius 3 is 2.65 bits per heavy atom. The standard InChI is InChI=1S/C20H17NO2/c22-20(21-17-10-9-14-7-4-8-16(14)13-17)19-18(11-12-23-19)15-5-2-1-3-6-15/h1-3,5-6,9-13H,4,7-8H2,(H,21,22). The number of hydrogen-bond acceptors (Lipinski definition) is 2. The van der Waals surface area contributed by atoms with Crippen molar-refractivity contribution in [2.45, 2.75) is 19.3 Å². The van der Waals surface area contributed by atoms with Gasteiger partial charge in [0.25, 0.3) is 5.91 Å². The van der Waals surface area contributed by atoms with Crippen LogP contribution >= 0.6 is 0 Å². The molecule has 0 saturated heterocycles. The molecule has 0 saturated carbocycles. The predicted octanol–water partition coefficient (Wildman–Crippen LogP) is 4.69. The quantitative estimate of drug-likeness (QED) is 0.763. The van der Waals surface area contributed by atoms with Gasteiger partial charge in [-0.3, -0.25) is 4.79 Å². The van der Waals surface area contributed by atoms with Crippen molar-refractivity contribution in [3.63, 3.8) is 0 Å². The fourth-order valence-corrected chi connectivity index (χ4v) is 3.17. The van der Waals surface area contributed by atoms with Gasteiger partial charge in [0.05, 0.1) is 6.26 Å². The molecule has 0 spiro atoms. The van der Waals surface area contributed by atoms with E-state index in [0.29, 0.717) is 5.76 Å². The molecule has 4 rings (SSSR count). The van der Waals surface area contributed by atoms with Crippen LogP contribution < -0.4 is 5.32 Å². The zero-order chi connectivity index (χ0) is 15.6. The zero-order valence-corrected chi connectivity index (χ0v) is 12.7. The van der Waals surface area contributed by atoms with Gasteiger partial charge in [0, 0.05) is 11.3 Å². The Morgan fingerprint density at radius 2 is 1.78 bits per heavy atom. The third-order valence-corrected chi connectivity index (χ3v) is 4.31. The van der Waals surface area contributed by atoms with E-state index < -0.39 is 0 Å². The molecule has 1 amide bonds. The Hall–Kier alpha value is -2.81. The first-order chi connectivity index (χ1) is 11.3. The van der Waals surface area contributed by atoms with E-state index in [1.807, 2.05) is 42.5 Å². The van der Waals surface area contributed by atoms with Gasteiger partial charge in [-0.2, -0.15) is 0 Å². The van der Waals surface area contributed by atoms with Crippen molar-refractivity contribution in [2.24, 2.45) is 0 Å². The topological polar surface area (TPSA) is 42.2 Å². The van der Waals surface area contributed by atoms with E-state index in [4.69, 9.17) is 4.42 Å². The van der Waals surface area contributed by atoms with Gasteiger partial charge in [-0.15, -0.1) is 0 Å². The van der Waals surface area contributed by atoms with Crippen molar-refractivity contribution < 1.29 is 9.21 Å². The third-order valence-electron chi connectivity index (χ3n) is 4.31. The van der Waals surface area contributed by atoms with Crippen LogP contribution in [0.3, 0.4) is 0 Å². The average molecular weight is 303 g/mol. The molecular formula is C20H17NO2. The molecule has 3 aromatic rings. The second-order valence-corrected chi connectivity index (χ2v) is 5.82. The number of benzene rings is 2. The number of anilines is 1. The molecule has 0 atom stereocenters. The molecule has 3 heteroatoms. The van der Waals surface area contributed by atoms with E-state index in [-0.39, 0.29) is 5.91 Å². The van der Waals surface area contributed by atoms with Crippen LogP contribution in [0.4, 0.5) is 5.69 Å². The maximum Gasteiger partial charge on any atom is 0.292 e. The first kappa shape index (κ1) is 13.8. The molecule has 23 heavy (non-hydrogen) atoms. The van der Waals surface area contributed by atoms with Crippen LogP contribution in [0.25, 0.3) is 11.1 Å². The number of amides is 1. The van der Waals surface area contributed by atoms with Crippen molar-refractivity contribution in [1.29, 1.82) is 0 Å². The van der Waals surface area contributed by atoms with E-state index in [9.17, 15) is 4.79 Å². The van der Waals surface area contributed by atoms with E-state index in [2.05, 4.69) is 17.4 Å². The molecule has 1 aliphatic carbocycles. The Morgan fingerprint density at radius 1 is 0.957 bits per heavy atom. The van der Waals surface area contributed by atoms with Crippen LogP contribution in [0.15, 0.2) is 65.3 Å². The molecule has 3 nitrogen and oxygen atoms in total. The third kappa shape index (κ3) is 2.66. The van der Waals surface area contributed by atoms with E-state index >= 15 is 0 Å². The molecule has 114 valence electrons. The van der Waals surface area contributed by atoms with Gasteiger partial charge in [-0.25, -0.2) is 0 Å². The number of furan rings is 1. The lowest BCUT2D eigenvalue weighted by molar-refractivity contribution is 0.0997. The van der Waals surface area contributed by atoms with Gasteiger partial charge in [0.2, 0.25) is 0 Å². The Kier molecular flexibility index (Phi) is 3.46. The van der Waals surface area contributed by atoms with E-state index in [0.717, 1.165) is 29.7 Å². The highest BCUT2D eigenvalue weighted by molar-refractivity contribution is 6.06. The largest absolute Gasteiger partial charge is 0.459 e. The van der Waals surface area contributed by atoms with E-state index in [1.165, 1.54) is 17.5 Å². The van der Waals surface area contributed by atoms with E-state index in [1.54, 1.807) is 6.26 Å². The lowest BCUT2D eigenvalue weighted by Gasteiger charge is -2.07. The summed E-state index contributed by atoms with van der Waals surface area (Å²) in [7, 11) is 0. The van der Waals surface area contributed by atoms with Crippen molar-refractivity contribution >= 4 is 11.6 Å². The molecule has 2 aromatic carbocycles. The number of carbonyl (C=O) groups is 1. The summed E-state index contributed by atoms with van der Waals surface area (Å²) in [5.74, 6) is 0.128. The SMILES string of the molecule is O=C(Nc1ccc2c(c1)CCC2)c1occc1-c1ccccc1. The van der Waals surface area contributed by atoms with Crippen molar-refractivity contribution in [3.8, 4) is 11.1 Å². The Labute approximate surface area is 135 Å². The maximum atomic E-state index is 12.6. The molecule has 1 N–H and O–H groups in total. The number of aryl methyl sites for hydroxylation is 2. The molecule has 0 unspecified atom stereocenters. The second-order valence-electron chi connectivity index (χ2n) is 5.82. The zero-order valence-electron chi connectivity index (χ0n) is 12.7. The van der Waals surface area contributed by atoms with Gasteiger partial charge in [-0.05, 0) is 54.2 Å². The summed E-state index contributed by atoms with van der Waals surface area (Å²) >= 11 is 0. The first-order valence-electron chi connectivity index (χ1n) is 7.87. The van der Waals surface area contributed by atoms with Crippen molar-refractivity contribution in [1.82, 2.24) is 0 Å². The smallest absolute Gasteiger partial charge is 0.292 e. The van der Waals surface area contributed by atoms with Crippen LogP contribution in [0.5, 0.6) is 0 Å². The fraction of sp³-hybridized carbons (Fsp3) is 0.150. The highest BCUT2D eigenvalue weighted by Gasteiger charge is 2.18. The molecule has 1 heterocycles. The van der Waals surface area contributed by atoms with Crippen LogP contribution in [-0.2, 0) is 12.8 Å². The minimum absolute atomic E-state index is 0.216. The summed E-state index contributed by atoms with van der Waals surface area (Å²) < 4.78 is 5.43. The predicted molar refractivity (Wildman–Crippen MR) is 90.6 cm³/mol. The summed E-state index contributed by atoms with van der Waals surface area (Å²) in [6.07, 6.45) is 4.98. The van der Waals surface area contributed by atoms with Crippen molar-refractivity contribution in [3.05, 3.63) is 77.7 Å². The molecule has 1 aliphatic rings. The molecular weight excluding hydrogens is 286 g/mol. The monoisotopic (exact) mass is 303 g/mol. The number of nitrogens with one attached hydrogen (secondary N) is 1. The number of rotatable bonds is 3. The Bertz CT molecular complexity index is 849. The number of hydrogen-bond donors (Lipinski definition) is 1. The van der Waals surface area contributed by atoms with Crippen LogP contribution in [0.1, 0.15) is 28.1 Å². The second kappa shape index (κ2) is 5.76. The van der Waals surface area contributed by atoms with Crippen LogP contribution in [0.2, 0.25) is 0 Å². The van der Waals surface area contributed by atoms with Gasteiger partial charge in [0.1, 0.15) is 0 Å². The summed E-state index contributed by atoms with van der Waals surface area (Å²) in [6, 6.07) is 17.8. The summed E-state index contributed by atoms with van der Waals surface area (Å²) in [6.45, 7) is 0. The lowest BCUT2D eigenvalue weighted by Crippen LogP contribution is -2.12.